The molecule has 2 N–H and O–H groups in total. The van der Waals surface area contributed by atoms with E-state index in [0.717, 1.165) is 12.3 Å². The van der Waals surface area contributed by atoms with Gasteiger partial charge in [-0.3, -0.25) is 14.1 Å². The van der Waals surface area contributed by atoms with Crippen LogP contribution in [0.1, 0.15) is 22.3 Å². The number of nitrogens with zero attached hydrogens (tertiary/aromatic N) is 2. The molecular weight excluding hydrogens is 493 g/mol. The minimum atomic E-state index is -4.50. The van der Waals surface area contributed by atoms with Crippen molar-refractivity contribution in [1.82, 2.24) is 9.71 Å². The summed E-state index contributed by atoms with van der Waals surface area (Å²) in [6.07, 6.45) is -3.12. The quantitative estimate of drug-likeness (QED) is 0.531. The smallest absolute Gasteiger partial charge is 0.322 e. The number of rotatable bonds is 4. The molecule has 2 aromatic carbocycles. The van der Waals surface area contributed by atoms with E-state index < -0.39 is 27.9 Å². The third-order valence-corrected chi connectivity index (χ3v) is 6.99. The molecule has 1 aliphatic rings. The SMILES string of the molecule is O=C(Nc1ccc(Cl)c(-c2ccc(C(F)(F)F)cn2)c1)c1ccc(N2CCCNS2(=O)=O)cc1. The van der Waals surface area contributed by atoms with E-state index in [2.05, 4.69) is 15.0 Å². The van der Waals surface area contributed by atoms with Crippen molar-refractivity contribution < 1.29 is 26.4 Å². The summed E-state index contributed by atoms with van der Waals surface area (Å²) in [5.74, 6) is -0.458. The Morgan fingerprint density at radius 2 is 1.82 bits per heavy atom. The number of pyridine rings is 1. The molecule has 1 fully saturated rings. The molecule has 0 saturated carbocycles. The van der Waals surface area contributed by atoms with Crippen molar-refractivity contribution in [3.05, 3.63) is 76.9 Å². The second-order valence-corrected chi connectivity index (χ2v) is 9.54. The summed E-state index contributed by atoms with van der Waals surface area (Å²) in [6, 6.07) is 12.8. The minimum Gasteiger partial charge on any atom is -0.322 e. The molecule has 1 amide bonds. The third kappa shape index (κ3) is 5.16. The van der Waals surface area contributed by atoms with Crippen LogP contribution in [0, 0.1) is 0 Å². The van der Waals surface area contributed by atoms with E-state index in [-0.39, 0.29) is 16.3 Å². The summed E-state index contributed by atoms with van der Waals surface area (Å²) < 4.78 is 66.4. The molecule has 1 aliphatic heterocycles. The second-order valence-electron chi connectivity index (χ2n) is 7.45. The van der Waals surface area contributed by atoms with Gasteiger partial charge in [0.1, 0.15) is 0 Å². The first-order valence-corrected chi connectivity index (χ1v) is 11.9. The van der Waals surface area contributed by atoms with Crippen LogP contribution in [0.2, 0.25) is 5.02 Å². The summed E-state index contributed by atoms with van der Waals surface area (Å²) >= 11 is 6.19. The van der Waals surface area contributed by atoms with Crippen LogP contribution in [-0.4, -0.2) is 32.4 Å². The number of benzene rings is 2. The number of carbonyl (C=O) groups excluding carboxylic acids is 1. The monoisotopic (exact) mass is 510 g/mol. The van der Waals surface area contributed by atoms with Crippen molar-refractivity contribution in [3.63, 3.8) is 0 Å². The number of anilines is 2. The van der Waals surface area contributed by atoms with Gasteiger partial charge in [-0.2, -0.15) is 26.3 Å². The average molecular weight is 511 g/mol. The molecule has 0 unspecified atom stereocenters. The summed E-state index contributed by atoms with van der Waals surface area (Å²) in [6.45, 7) is 0.719. The first kappa shape index (κ1) is 24.0. The standard InChI is InChI=1S/C22H18ClF3N4O3S/c23-19-8-5-16(12-18(19)20-9-4-15(13-27-20)22(24,25)26)29-21(31)14-2-6-17(7-3-14)30-11-1-10-28-34(30,32)33/h2-9,12-13,28H,1,10-11H2,(H,29,31). The number of nitrogens with one attached hydrogen (secondary N) is 2. The second kappa shape index (κ2) is 9.24. The average Bonchev–Trinajstić information content (AvgIpc) is 2.80. The van der Waals surface area contributed by atoms with Gasteiger partial charge in [-0.25, -0.2) is 0 Å². The van der Waals surface area contributed by atoms with Crippen LogP contribution >= 0.6 is 11.6 Å². The molecule has 7 nitrogen and oxygen atoms in total. The van der Waals surface area contributed by atoms with Crippen LogP contribution < -0.4 is 14.3 Å². The molecule has 0 atom stereocenters. The molecule has 0 radical (unpaired) electrons. The highest BCUT2D eigenvalue weighted by molar-refractivity contribution is 7.90. The van der Waals surface area contributed by atoms with Crippen molar-refractivity contribution in [1.29, 1.82) is 0 Å². The zero-order chi connectivity index (χ0) is 24.5. The number of aromatic nitrogens is 1. The van der Waals surface area contributed by atoms with Crippen molar-refractivity contribution in [2.45, 2.75) is 12.6 Å². The Hall–Kier alpha value is -3.15. The highest BCUT2D eigenvalue weighted by atomic mass is 35.5. The van der Waals surface area contributed by atoms with E-state index in [1.165, 1.54) is 34.6 Å². The molecule has 0 aliphatic carbocycles. The van der Waals surface area contributed by atoms with Gasteiger partial charge in [0.25, 0.3) is 5.91 Å². The Bertz CT molecular complexity index is 1310. The fourth-order valence-corrected chi connectivity index (χ4v) is 4.93. The Morgan fingerprint density at radius 3 is 2.44 bits per heavy atom. The predicted octanol–water partition coefficient (Wildman–Crippen LogP) is 4.72. The van der Waals surface area contributed by atoms with Crippen LogP contribution in [0.4, 0.5) is 24.5 Å². The topological polar surface area (TPSA) is 91.4 Å². The van der Waals surface area contributed by atoms with E-state index in [0.29, 0.717) is 36.4 Å². The largest absolute Gasteiger partial charge is 0.417 e. The molecule has 2 heterocycles. The molecule has 0 spiro atoms. The maximum absolute atomic E-state index is 12.8. The van der Waals surface area contributed by atoms with Gasteiger partial charge in [0.05, 0.1) is 22.0 Å². The first-order chi connectivity index (χ1) is 16.0. The normalized spacial score (nSPS) is 15.7. The summed E-state index contributed by atoms with van der Waals surface area (Å²) in [7, 11) is -3.60. The van der Waals surface area contributed by atoms with E-state index in [1.807, 2.05) is 0 Å². The molecule has 12 heteroatoms. The minimum absolute atomic E-state index is 0.217. The molecule has 178 valence electrons. The number of hydrogen-bond acceptors (Lipinski definition) is 4. The lowest BCUT2D eigenvalue weighted by Gasteiger charge is -2.28. The van der Waals surface area contributed by atoms with Gasteiger partial charge in [0.2, 0.25) is 0 Å². The highest BCUT2D eigenvalue weighted by Gasteiger charge is 2.30. The van der Waals surface area contributed by atoms with Gasteiger partial charge in [-0.05, 0) is 61.0 Å². The lowest BCUT2D eigenvalue weighted by molar-refractivity contribution is -0.137. The third-order valence-electron chi connectivity index (χ3n) is 5.12. The van der Waals surface area contributed by atoms with Crippen molar-refractivity contribution in [2.24, 2.45) is 0 Å². The maximum atomic E-state index is 12.8. The number of halogens is 4. The van der Waals surface area contributed by atoms with Crippen LogP contribution in [0.5, 0.6) is 0 Å². The van der Waals surface area contributed by atoms with Gasteiger partial charge >= 0.3 is 16.4 Å². The van der Waals surface area contributed by atoms with E-state index in [4.69, 9.17) is 11.6 Å². The van der Waals surface area contributed by atoms with Gasteiger partial charge in [-0.1, -0.05) is 11.6 Å². The molecule has 3 aromatic rings. The van der Waals surface area contributed by atoms with Gasteiger partial charge < -0.3 is 5.32 Å². The zero-order valence-electron chi connectivity index (χ0n) is 17.4. The van der Waals surface area contributed by atoms with Crippen molar-refractivity contribution in [3.8, 4) is 11.3 Å². The van der Waals surface area contributed by atoms with Gasteiger partial charge in [-0.15, -0.1) is 0 Å². The van der Waals surface area contributed by atoms with E-state index in [1.54, 1.807) is 18.2 Å². The molecule has 0 bridgehead atoms. The fourth-order valence-electron chi connectivity index (χ4n) is 3.39. The van der Waals surface area contributed by atoms with Crippen LogP contribution in [0.3, 0.4) is 0 Å². The summed E-state index contributed by atoms with van der Waals surface area (Å²) in [4.78, 5) is 16.5. The van der Waals surface area contributed by atoms with E-state index >= 15 is 0 Å². The zero-order valence-corrected chi connectivity index (χ0v) is 19.0. The number of alkyl halides is 3. The lowest BCUT2D eigenvalue weighted by atomic mass is 10.1. The van der Waals surface area contributed by atoms with Crippen molar-refractivity contribution >= 4 is 39.1 Å². The Balaban J connectivity index is 1.51. The van der Waals surface area contributed by atoms with Gasteiger partial charge in [0, 0.05) is 36.1 Å². The first-order valence-electron chi connectivity index (χ1n) is 10.1. The molecule has 1 aromatic heterocycles. The molecule has 4 rings (SSSR count). The number of carbonyl (C=O) groups is 1. The predicted molar refractivity (Wildman–Crippen MR) is 123 cm³/mol. The Morgan fingerprint density at radius 1 is 1.09 bits per heavy atom. The molecule has 34 heavy (non-hydrogen) atoms. The van der Waals surface area contributed by atoms with Crippen molar-refractivity contribution in [2.75, 3.05) is 22.7 Å². The maximum Gasteiger partial charge on any atom is 0.417 e. The van der Waals surface area contributed by atoms with E-state index in [9.17, 15) is 26.4 Å². The van der Waals surface area contributed by atoms with Crippen LogP contribution in [-0.2, 0) is 16.4 Å². The summed E-state index contributed by atoms with van der Waals surface area (Å²) in [5.41, 5.74) is 0.772. The summed E-state index contributed by atoms with van der Waals surface area (Å²) in [5, 5.41) is 2.95. The highest BCUT2D eigenvalue weighted by Crippen LogP contribution is 2.33. The number of hydrogen-bond donors (Lipinski definition) is 2. The molecule has 1 saturated heterocycles. The Labute approximate surface area is 198 Å². The Kier molecular flexibility index (Phi) is 6.52. The fraction of sp³-hybridized carbons (Fsp3) is 0.182. The lowest BCUT2D eigenvalue weighted by Crippen LogP contribution is -2.47. The van der Waals surface area contributed by atoms with Crippen LogP contribution in [0.15, 0.2) is 60.8 Å². The number of amides is 1. The van der Waals surface area contributed by atoms with Crippen LogP contribution in [0.25, 0.3) is 11.3 Å². The van der Waals surface area contributed by atoms with Gasteiger partial charge in [0.15, 0.2) is 0 Å². The molecular formula is C22H18ClF3N4O3S.